The lowest BCUT2D eigenvalue weighted by molar-refractivity contribution is 0.189. The van der Waals surface area contributed by atoms with Gasteiger partial charge in [-0.1, -0.05) is 24.3 Å². The standard InChI is InChI=1S/C21H26N2O4/c1-25-19-11-10-16(14-20(19)26-2)18(23-12-6-7-13-23)15-22-21(24)27-17-8-4-3-5-9-17/h3-5,8-11,14,18H,6-7,12-13,15H2,1-2H3,(H,22,24). The number of carbonyl (C=O) groups is 1. The first-order chi connectivity index (χ1) is 13.2. The molecule has 1 aliphatic rings. The molecular formula is C21H26N2O4. The minimum Gasteiger partial charge on any atom is -0.493 e. The number of benzene rings is 2. The van der Waals surface area contributed by atoms with Crippen LogP contribution in [0.15, 0.2) is 48.5 Å². The van der Waals surface area contributed by atoms with E-state index in [0.717, 1.165) is 31.5 Å². The molecule has 1 heterocycles. The number of nitrogens with zero attached hydrogens (tertiary/aromatic N) is 1. The lowest BCUT2D eigenvalue weighted by Crippen LogP contribution is -2.38. The third kappa shape index (κ3) is 4.92. The van der Waals surface area contributed by atoms with Crippen molar-refractivity contribution in [2.24, 2.45) is 0 Å². The number of nitrogens with one attached hydrogen (secondary N) is 1. The van der Waals surface area contributed by atoms with Crippen LogP contribution in [0.4, 0.5) is 4.79 Å². The van der Waals surface area contributed by atoms with E-state index in [1.807, 2.05) is 36.4 Å². The van der Waals surface area contributed by atoms with Crippen molar-refractivity contribution in [1.82, 2.24) is 10.2 Å². The molecule has 144 valence electrons. The fourth-order valence-electron chi connectivity index (χ4n) is 3.38. The molecule has 1 amide bonds. The molecule has 0 bridgehead atoms. The highest BCUT2D eigenvalue weighted by molar-refractivity contribution is 5.70. The summed E-state index contributed by atoms with van der Waals surface area (Å²) >= 11 is 0. The molecule has 1 unspecified atom stereocenters. The van der Waals surface area contributed by atoms with Gasteiger partial charge in [-0.05, 0) is 55.8 Å². The van der Waals surface area contributed by atoms with Crippen molar-refractivity contribution in [3.63, 3.8) is 0 Å². The smallest absolute Gasteiger partial charge is 0.412 e. The number of para-hydroxylation sites is 1. The van der Waals surface area contributed by atoms with E-state index in [1.54, 1.807) is 26.4 Å². The zero-order valence-electron chi connectivity index (χ0n) is 15.8. The van der Waals surface area contributed by atoms with Crippen LogP contribution in [-0.4, -0.2) is 44.8 Å². The van der Waals surface area contributed by atoms with E-state index >= 15 is 0 Å². The number of hydrogen-bond acceptors (Lipinski definition) is 5. The Balaban J connectivity index is 1.71. The molecule has 1 N–H and O–H groups in total. The minimum absolute atomic E-state index is 0.0515. The van der Waals surface area contributed by atoms with Gasteiger partial charge in [-0.25, -0.2) is 4.79 Å². The van der Waals surface area contributed by atoms with Gasteiger partial charge in [0, 0.05) is 6.54 Å². The van der Waals surface area contributed by atoms with Crippen LogP contribution in [-0.2, 0) is 0 Å². The van der Waals surface area contributed by atoms with Crippen LogP contribution in [0.5, 0.6) is 17.2 Å². The average molecular weight is 370 g/mol. The van der Waals surface area contributed by atoms with Crippen LogP contribution >= 0.6 is 0 Å². The van der Waals surface area contributed by atoms with Gasteiger partial charge >= 0.3 is 6.09 Å². The number of rotatable bonds is 7. The molecule has 2 aromatic carbocycles. The van der Waals surface area contributed by atoms with E-state index < -0.39 is 6.09 Å². The van der Waals surface area contributed by atoms with E-state index in [0.29, 0.717) is 23.8 Å². The lowest BCUT2D eigenvalue weighted by atomic mass is 10.0. The van der Waals surface area contributed by atoms with Crippen molar-refractivity contribution in [2.75, 3.05) is 33.9 Å². The number of carbonyl (C=O) groups excluding carboxylic acids is 1. The molecule has 27 heavy (non-hydrogen) atoms. The number of amides is 1. The van der Waals surface area contributed by atoms with E-state index in [2.05, 4.69) is 10.2 Å². The largest absolute Gasteiger partial charge is 0.493 e. The maximum Gasteiger partial charge on any atom is 0.412 e. The minimum atomic E-state index is -0.453. The van der Waals surface area contributed by atoms with Gasteiger partial charge in [-0.2, -0.15) is 0 Å². The first kappa shape index (κ1) is 19.0. The molecule has 0 radical (unpaired) electrons. The summed E-state index contributed by atoms with van der Waals surface area (Å²) in [5, 5.41) is 2.90. The van der Waals surface area contributed by atoms with Crippen molar-refractivity contribution < 1.29 is 19.0 Å². The van der Waals surface area contributed by atoms with E-state index in [4.69, 9.17) is 14.2 Å². The molecule has 1 aliphatic heterocycles. The molecule has 6 heteroatoms. The molecular weight excluding hydrogens is 344 g/mol. The van der Waals surface area contributed by atoms with Gasteiger partial charge in [0.1, 0.15) is 5.75 Å². The normalized spacial score (nSPS) is 15.2. The topological polar surface area (TPSA) is 60.0 Å². The molecule has 1 saturated heterocycles. The van der Waals surface area contributed by atoms with Gasteiger partial charge in [0.05, 0.1) is 20.3 Å². The van der Waals surface area contributed by atoms with E-state index in [-0.39, 0.29) is 6.04 Å². The Hall–Kier alpha value is -2.73. The summed E-state index contributed by atoms with van der Waals surface area (Å²) in [6.45, 7) is 2.48. The molecule has 2 aromatic rings. The summed E-state index contributed by atoms with van der Waals surface area (Å²) in [4.78, 5) is 14.6. The molecule has 3 rings (SSSR count). The first-order valence-electron chi connectivity index (χ1n) is 9.18. The van der Waals surface area contributed by atoms with Crippen LogP contribution in [0.3, 0.4) is 0 Å². The predicted octanol–water partition coefficient (Wildman–Crippen LogP) is 3.63. The Morgan fingerprint density at radius 2 is 1.74 bits per heavy atom. The highest BCUT2D eigenvalue weighted by atomic mass is 16.6. The Kier molecular flexibility index (Phi) is 6.54. The van der Waals surface area contributed by atoms with Crippen LogP contribution in [0, 0.1) is 0 Å². The number of likely N-dealkylation sites (tertiary alicyclic amines) is 1. The maximum absolute atomic E-state index is 12.2. The first-order valence-corrected chi connectivity index (χ1v) is 9.18. The Labute approximate surface area is 160 Å². The Morgan fingerprint density at radius 3 is 2.41 bits per heavy atom. The predicted molar refractivity (Wildman–Crippen MR) is 104 cm³/mol. The van der Waals surface area contributed by atoms with Gasteiger partial charge < -0.3 is 19.5 Å². The fourth-order valence-corrected chi connectivity index (χ4v) is 3.38. The van der Waals surface area contributed by atoms with Crippen molar-refractivity contribution in [3.8, 4) is 17.2 Å². The van der Waals surface area contributed by atoms with Gasteiger partial charge in [-0.15, -0.1) is 0 Å². The van der Waals surface area contributed by atoms with Gasteiger partial charge in [0.25, 0.3) is 0 Å². The summed E-state index contributed by atoms with van der Waals surface area (Å²) < 4.78 is 16.1. The average Bonchev–Trinajstić information content (AvgIpc) is 3.23. The van der Waals surface area contributed by atoms with E-state index in [1.165, 1.54) is 0 Å². The zero-order chi connectivity index (χ0) is 19.1. The summed E-state index contributed by atoms with van der Waals surface area (Å²) in [6.07, 6.45) is 1.88. The van der Waals surface area contributed by atoms with Gasteiger partial charge in [0.15, 0.2) is 11.5 Å². The Bertz CT molecular complexity index is 745. The second-order valence-electron chi connectivity index (χ2n) is 6.46. The zero-order valence-corrected chi connectivity index (χ0v) is 15.8. The van der Waals surface area contributed by atoms with Crippen LogP contribution < -0.4 is 19.5 Å². The maximum atomic E-state index is 12.2. The van der Waals surface area contributed by atoms with Crippen molar-refractivity contribution in [1.29, 1.82) is 0 Å². The van der Waals surface area contributed by atoms with Crippen LogP contribution in [0.25, 0.3) is 0 Å². The van der Waals surface area contributed by atoms with Crippen LogP contribution in [0.2, 0.25) is 0 Å². The molecule has 0 aromatic heterocycles. The highest BCUT2D eigenvalue weighted by Gasteiger charge is 2.25. The summed E-state index contributed by atoms with van der Waals surface area (Å²) in [6, 6.07) is 15.0. The molecule has 1 fully saturated rings. The third-order valence-electron chi connectivity index (χ3n) is 4.77. The summed E-state index contributed by atoms with van der Waals surface area (Å²) in [5.41, 5.74) is 1.08. The molecule has 0 spiro atoms. The second kappa shape index (κ2) is 9.28. The summed E-state index contributed by atoms with van der Waals surface area (Å²) in [7, 11) is 3.25. The van der Waals surface area contributed by atoms with Crippen molar-refractivity contribution in [3.05, 3.63) is 54.1 Å². The third-order valence-corrected chi connectivity index (χ3v) is 4.77. The summed E-state index contributed by atoms with van der Waals surface area (Å²) in [5.74, 6) is 1.91. The second-order valence-corrected chi connectivity index (χ2v) is 6.46. The molecule has 1 atom stereocenters. The van der Waals surface area contributed by atoms with Gasteiger partial charge in [-0.3, -0.25) is 4.90 Å². The quantitative estimate of drug-likeness (QED) is 0.806. The highest BCUT2D eigenvalue weighted by Crippen LogP contribution is 2.33. The number of hydrogen-bond donors (Lipinski definition) is 1. The Morgan fingerprint density at radius 1 is 1.04 bits per heavy atom. The molecule has 6 nitrogen and oxygen atoms in total. The monoisotopic (exact) mass is 370 g/mol. The molecule has 0 saturated carbocycles. The van der Waals surface area contributed by atoms with Crippen molar-refractivity contribution in [2.45, 2.75) is 18.9 Å². The van der Waals surface area contributed by atoms with Crippen LogP contribution in [0.1, 0.15) is 24.4 Å². The van der Waals surface area contributed by atoms with Crippen molar-refractivity contribution >= 4 is 6.09 Å². The fraction of sp³-hybridized carbons (Fsp3) is 0.381. The SMILES string of the molecule is COc1ccc(C(CNC(=O)Oc2ccccc2)N2CCCC2)cc1OC. The lowest BCUT2D eigenvalue weighted by Gasteiger charge is -2.28. The number of ether oxygens (including phenoxy) is 3. The number of methoxy groups -OCH3 is 2. The van der Waals surface area contributed by atoms with Gasteiger partial charge in [0.2, 0.25) is 0 Å². The van der Waals surface area contributed by atoms with E-state index in [9.17, 15) is 4.79 Å². The molecule has 0 aliphatic carbocycles.